The molecule has 0 heterocycles. The lowest BCUT2D eigenvalue weighted by molar-refractivity contribution is 0.296. The quantitative estimate of drug-likeness (QED) is 0.811. The summed E-state index contributed by atoms with van der Waals surface area (Å²) < 4.78 is 0. The van der Waals surface area contributed by atoms with Gasteiger partial charge in [0.15, 0.2) is 0 Å². The summed E-state index contributed by atoms with van der Waals surface area (Å²) in [5, 5.41) is 9.53. The molecule has 1 N–H and O–H groups in total. The van der Waals surface area contributed by atoms with E-state index in [4.69, 9.17) is 0 Å². The minimum atomic E-state index is 0.114. The third-order valence-electron chi connectivity index (χ3n) is 2.36. The van der Waals surface area contributed by atoms with Crippen LogP contribution in [0, 0.1) is 0 Å². The van der Waals surface area contributed by atoms with Crippen LogP contribution in [0.3, 0.4) is 0 Å². The predicted octanol–water partition coefficient (Wildman–Crippen LogP) is 3.51. The third-order valence-corrected chi connectivity index (χ3v) is 3.61. The lowest BCUT2D eigenvalue weighted by Crippen LogP contribution is -1.99. The molecule has 0 unspecified atom stereocenters. The molecule has 2 heteroatoms. The molecule has 2 aromatic carbocycles. The van der Waals surface area contributed by atoms with E-state index in [1.54, 1.807) is 11.8 Å². The van der Waals surface area contributed by atoms with Gasteiger partial charge < -0.3 is 5.11 Å². The third kappa shape index (κ3) is 2.87. The zero-order valence-corrected chi connectivity index (χ0v) is 9.73. The molecule has 0 fully saturated rings. The van der Waals surface area contributed by atoms with Gasteiger partial charge in [-0.05, 0) is 17.7 Å². The lowest BCUT2D eigenvalue weighted by atomic mass is 10.2. The van der Waals surface area contributed by atoms with Gasteiger partial charge in [0.25, 0.3) is 0 Å². The van der Waals surface area contributed by atoms with Crippen LogP contribution in [0.1, 0.15) is 10.8 Å². The Morgan fingerprint density at radius 1 is 0.875 bits per heavy atom. The molecular weight excluding hydrogens is 216 g/mol. The molecule has 82 valence electrons. The maximum Gasteiger partial charge on any atom is 0.0594 e. The Labute approximate surface area is 100 Å². The molecule has 0 radical (unpaired) electrons. The van der Waals surface area contributed by atoms with E-state index in [0.717, 1.165) is 0 Å². The van der Waals surface area contributed by atoms with E-state index in [1.807, 2.05) is 36.4 Å². The maximum absolute atomic E-state index is 9.42. The normalized spacial score (nSPS) is 12.3. The Bertz CT molecular complexity index is 413. The fraction of sp³-hybridized carbons (Fsp3) is 0.143. The molecule has 0 spiro atoms. The SMILES string of the molecule is OC[C@H](Sc1ccccc1)c1ccccc1. The van der Waals surface area contributed by atoms with Crippen LogP contribution in [0.4, 0.5) is 0 Å². The highest BCUT2D eigenvalue weighted by Crippen LogP contribution is 2.34. The summed E-state index contributed by atoms with van der Waals surface area (Å²) in [6, 6.07) is 20.3. The molecular formula is C14H14OS. The molecule has 0 amide bonds. The number of rotatable bonds is 4. The first-order valence-electron chi connectivity index (χ1n) is 5.27. The number of thioether (sulfide) groups is 1. The van der Waals surface area contributed by atoms with E-state index >= 15 is 0 Å². The van der Waals surface area contributed by atoms with E-state index in [9.17, 15) is 5.11 Å². The molecule has 0 aromatic heterocycles. The molecule has 1 nitrogen and oxygen atoms in total. The summed E-state index contributed by atoms with van der Waals surface area (Å²) >= 11 is 1.69. The van der Waals surface area contributed by atoms with Gasteiger partial charge in [-0.15, -0.1) is 11.8 Å². The predicted molar refractivity (Wildman–Crippen MR) is 68.6 cm³/mol. The van der Waals surface area contributed by atoms with Crippen molar-refractivity contribution in [1.82, 2.24) is 0 Å². The van der Waals surface area contributed by atoms with Gasteiger partial charge in [-0.3, -0.25) is 0 Å². The van der Waals surface area contributed by atoms with E-state index in [2.05, 4.69) is 24.3 Å². The fourth-order valence-corrected chi connectivity index (χ4v) is 2.55. The van der Waals surface area contributed by atoms with Gasteiger partial charge in [0.1, 0.15) is 0 Å². The van der Waals surface area contributed by atoms with Crippen molar-refractivity contribution < 1.29 is 5.11 Å². The maximum atomic E-state index is 9.42. The standard InChI is InChI=1S/C14H14OS/c15-11-14(12-7-3-1-4-8-12)16-13-9-5-2-6-10-13/h1-10,14-15H,11H2/t14-/m0/s1. The summed E-state index contributed by atoms with van der Waals surface area (Å²) in [6.07, 6.45) is 0. The van der Waals surface area contributed by atoms with Crippen molar-refractivity contribution >= 4 is 11.8 Å². The molecule has 0 aliphatic rings. The summed E-state index contributed by atoms with van der Waals surface area (Å²) in [7, 11) is 0. The van der Waals surface area contributed by atoms with E-state index in [0.29, 0.717) is 0 Å². The van der Waals surface area contributed by atoms with Gasteiger partial charge in [0.05, 0.1) is 11.9 Å². The number of aliphatic hydroxyl groups is 1. The second-order valence-electron chi connectivity index (χ2n) is 3.51. The largest absolute Gasteiger partial charge is 0.395 e. The zero-order chi connectivity index (χ0) is 11.2. The molecule has 0 aliphatic carbocycles. The van der Waals surface area contributed by atoms with Crippen LogP contribution in [0.25, 0.3) is 0 Å². The van der Waals surface area contributed by atoms with Crippen molar-refractivity contribution in [3.05, 3.63) is 66.2 Å². The monoisotopic (exact) mass is 230 g/mol. The smallest absolute Gasteiger partial charge is 0.0594 e. The Kier molecular flexibility index (Phi) is 4.03. The Morgan fingerprint density at radius 3 is 2.00 bits per heavy atom. The second kappa shape index (κ2) is 5.73. The van der Waals surface area contributed by atoms with Gasteiger partial charge >= 0.3 is 0 Å². The zero-order valence-electron chi connectivity index (χ0n) is 8.91. The second-order valence-corrected chi connectivity index (χ2v) is 4.79. The van der Waals surface area contributed by atoms with Crippen LogP contribution in [0.15, 0.2) is 65.6 Å². The average molecular weight is 230 g/mol. The Morgan fingerprint density at radius 2 is 1.44 bits per heavy atom. The van der Waals surface area contributed by atoms with Gasteiger partial charge in [-0.2, -0.15) is 0 Å². The average Bonchev–Trinajstić information content (AvgIpc) is 2.38. The van der Waals surface area contributed by atoms with E-state index in [-0.39, 0.29) is 11.9 Å². The highest BCUT2D eigenvalue weighted by molar-refractivity contribution is 7.99. The number of hydrogen-bond acceptors (Lipinski definition) is 2. The van der Waals surface area contributed by atoms with Crippen LogP contribution in [-0.4, -0.2) is 11.7 Å². The van der Waals surface area contributed by atoms with Gasteiger partial charge in [-0.25, -0.2) is 0 Å². The van der Waals surface area contributed by atoms with Crippen molar-refractivity contribution in [3.8, 4) is 0 Å². The van der Waals surface area contributed by atoms with Crippen LogP contribution < -0.4 is 0 Å². The first kappa shape index (κ1) is 11.2. The summed E-state index contributed by atoms with van der Waals surface area (Å²) in [5.41, 5.74) is 1.17. The molecule has 0 bridgehead atoms. The van der Waals surface area contributed by atoms with E-state index in [1.165, 1.54) is 10.5 Å². The minimum Gasteiger partial charge on any atom is -0.395 e. The topological polar surface area (TPSA) is 20.2 Å². The first-order chi connectivity index (χ1) is 7.90. The first-order valence-corrected chi connectivity index (χ1v) is 6.15. The molecule has 16 heavy (non-hydrogen) atoms. The van der Waals surface area contributed by atoms with Gasteiger partial charge in [-0.1, -0.05) is 48.5 Å². The summed E-state index contributed by atoms with van der Waals surface area (Å²) in [4.78, 5) is 1.19. The Hall–Kier alpha value is -1.25. The highest BCUT2D eigenvalue weighted by Gasteiger charge is 2.10. The summed E-state index contributed by atoms with van der Waals surface area (Å²) in [6.45, 7) is 0.156. The van der Waals surface area contributed by atoms with Crippen molar-refractivity contribution in [2.24, 2.45) is 0 Å². The Balaban J connectivity index is 2.13. The molecule has 0 saturated heterocycles. The molecule has 0 saturated carbocycles. The molecule has 0 aliphatic heterocycles. The number of benzene rings is 2. The summed E-state index contributed by atoms with van der Waals surface area (Å²) in [5.74, 6) is 0. The van der Waals surface area contributed by atoms with E-state index < -0.39 is 0 Å². The number of hydrogen-bond donors (Lipinski definition) is 1. The lowest BCUT2D eigenvalue weighted by Gasteiger charge is -2.13. The van der Waals surface area contributed by atoms with Crippen LogP contribution >= 0.6 is 11.8 Å². The van der Waals surface area contributed by atoms with Crippen LogP contribution in [0.5, 0.6) is 0 Å². The molecule has 2 rings (SSSR count). The van der Waals surface area contributed by atoms with Crippen LogP contribution in [0.2, 0.25) is 0 Å². The highest BCUT2D eigenvalue weighted by atomic mass is 32.2. The molecule has 2 aromatic rings. The van der Waals surface area contributed by atoms with Gasteiger partial charge in [0.2, 0.25) is 0 Å². The van der Waals surface area contributed by atoms with Gasteiger partial charge in [0, 0.05) is 4.90 Å². The number of aliphatic hydroxyl groups excluding tert-OH is 1. The van der Waals surface area contributed by atoms with Crippen molar-refractivity contribution in [2.45, 2.75) is 10.1 Å². The van der Waals surface area contributed by atoms with Crippen LogP contribution in [-0.2, 0) is 0 Å². The fourth-order valence-electron chi connectivity index (χ4n) is 1.54. The minimum absolute atomic E-state index is 0.114. The van der Waals surface area contributed by atoms with Crippen molar-refractivity contribution in [3.63, 3.8) is 0 Å². The van der Waals surface area contributed by atoms with Crippen molar-refractivity contribution in [2.75, 3.05) is 6.61 Å². The molecule has 1 atom stereocenters. The van der Waals surface area contributed by atoms with Crippen molar-refractivity contribution in [1.29, 1.82) is 0 Å².